The SMILES string of the molecule is COc1ccc(OC)c(C2/C(=C(/O)c3ccc(Cl)cc3Cl)C(=O)C(=O)N2CCc2c[nH]c3ccc(OC)cc23)c1. The first-order valence-electron chi connectivity index (χ1n) is 12.4. The molecule has 1 atom stereocenters. The van der Waals surface area contributed by atoms with Gasteiger partial charge in [0.25, 0.3) is 11.7 Å². The molecule has 0 aliphatic carbocycles. The quantitative estimate of drug-likeness (QED) is 0.147. The van der Waals surface area contributed by atoms with E-state index in [0.29, 0.717) is 34.3 Å². The number of aliphatic hydroxyl groups is 1. The predicted molar refractivity (Wildman–Crippen MR) is 154 cm³/mol. The van der Waals surface area contributed by atoms with Crippen LogP contribution in [0.2, 0.25) is 10.0 Å². The van der Waals surface area contributed by atoms with Gasteiger partial charge < -0.3 is 29.2 Å². The van der Waals surface area contributed by atoms with Gasteiger partial charge in [-0.2, -0.15) is 0 Å². The lowest BCUT2D eigenvalue weighted by Gasteiger charge is -2.27. The molecule has 1 amide bonds. The van der Waals surface area contributed by atoms with Crippen molar-refractivity contribution in [1.29, 1.82) is 0 Å². The van der Waals surface area contributed by atoms with Crippen LogP contribution in [0, 0.1) is 0 Å². The molecule has 4 aromatic rings. The number of ketones is 1. The number of aliphatic hydroxyl groups excluding tert-OH is 1. The summed E-state index contributed by atoms with van der Waals surface area (Å²) in [6.07, 6.45) is 2.29. The topological polar surface area (TPSA) is 101 Å². The molecular formula is C30H26Cl2N2O6. The Bertz CT molecular complexity index is 1660. The molecule has 0 saturated carbocycles. The maximum Gasteiger partial charge on any atom is 0.295 e. The Kier molecular flexibility index (Phi) is 7.65. The predicted octanol–water partition coefficient (Wildman–Crippen LogP) is 6.16. The van der Waals surface area contributed by atoms with Crippen molar-refractivity contribution in [2.24, 2.45) is 0 Å². The number of fused-ring (bicyclic) bond motifs is 1. The third-order valence-corrected chi connectivity index (χ3v) is 7.60. The van der Waals surface area contributed by atoms with E-state index < -0.39 is 23.5 Å². The summed E-state index contributed by atoms with van der Waals surface area (Å²) in [6.45, 7) is 0.172. The number of benzene rings is 3. The van der Waals surface area contributed by atoms with Crippen LogP contribution in [0.25, 0.3) is 16.7 Å². The van der Waals surface area contributed by atoms with Crippen molar-refractivity contribution in [1.82, 2.24) is 9.88 Å². The molecule has 3 aromatic carbocycles. The molecule has 0 spiro atoms. The molecule has 1 aliphatic rings. The normalized spacial score (nSPS) is 16.5. The summed E-state index contributed by atoms with van der Waals surface area (Å²) in [7, 11) is 4.61. The van der Waals surface area contributed by atoms with Crippen LogP contribution in [0.4, 0.5) is 0 Å². The van der Waals surface area contributed by atoms with Crippen LogP contribution in [-0.2, 0) is 16.0 Å². The largest absolute Gasteiger partial charge is 0.507 e. The number of aromatic amines is 1. The number of nitrogens with zero attached hydrogens (tertiary/aromatic N) is 1. The lowest BCUT2D eigenvalue weighted by atomic mass is 9.94. The molecule has 10 heteroatoms. The van der Waals surface area contributed by atoms with E-state index in [1.54, 1.807) is 31.4 Å². The summed E-state index contributed by atoms with van der Waals surface area (Å²) in [6, 6.07) is 14.3. The summed E-state index contributed by atoms with van der Waals surface area (Å²) in [5.41, 5.74) is 2.41. The fraction of sp³-hybridized carbons (Fsp3) is 0.200. The summed E-state index contributed by atoms with van der Waals surface area (Å²) < 4.78 is 16.4. The Hall–Kier alpha value is -4.14. The number of ether oxygens (including phenoxy) is 3. The zero-order valence-corrected chi connectivity index (χ0v) is 23.5. The highest BCUT2D eigenvalue weighted by Crippen LogP contribution is 2.45. The van der Waals surface area contributed by atoms with Crippen LogP contribution in [0.1, 0.15) is 22.7 Å². The molecule has 1 saturated heterocycles. The van der Waals surface area contributed by atoms with Gasteiger partial charge in [-0.3, -0.25) is 9.59 Å². The van der Waals surface area contributed by atoms with E-state index >= 15 is 0 Å². The average Bonchev–Trinajstić information content (AvgIpc) is 3.48. The van der Waals surface area contributed by atoms with Crippen molar-refractivity contribution in [3.05, 3.63) is 93.1 Å². The number of likely N-dealkylation sites (tertiary alicyclic amines) is 1. The highest BCUT2D eigenvalue weighted by Gasteiger charge is 2.47. The molecule has 8 nitrogen and oxygen atoms in total. The van der Waals surface area contributed by atoms with Gasteiger partial charge in [-0.15, -0.1) is 0 Å². The minimum absolute atomic E-state index is 0.110. The second kappa shape index (κ2) is 11.2. The van der Waals surface area contributed by atoms with E-state index in [9.17, 15) is 14.7 Å². The number of halogens is 2. The smallest absolute Gasteiger partial charge is 0.295 e. The minimum atomic E-state index is -0.975. The minimum Gasteiger partial charge on any atom is -0.507 e. The van der Waals surface area contributed by atoms with Crippen molar-refractivity contribution in [3.63, 3.8) is 0 Å². The number of H-pyrrole nitrogens is 1. The number of nitrogens with one attached hydrogen (secondary N) is 1. The Labute approximate surface area is 240 Å². The number of amides is 1. The highest BCUT2D eigenvalue weighted by molar-refractivity contribution is 6.47. The molecule has 1 aromatic heterocycles. The van der Waals surface area contributed by atoms with Crippen LogP contribution >= 0.6 is 23.2 Å². The Morgan fingerprint density at radius 3 is 2.38 bits per heavy atom. The van der Waals surface area contributed by atoms with Crippen molar-refractivity contribution >= 4 is 51.6 Å². The van der Waals surface area contributed by atoms with Crippen LogP contribution < -0.4 is 14.2 Å². The van der Waals surface area contributed by atoms with E-state index in [4.69, 9.17) is 37.4 Å². The zero-order valence-electron chi connectivity index (χ0n) is 22.0. The van der Waals surface area contributed by atoms with Crippen molar-refractivity contribution < 1.29 is 28.9 Å². The fourth-order valence-corrected chi connectivity index (χ4v) is 5.54. The molecule has 1 fully saturated rings. The Balaban J connectivity index is 1.63. The van der Waals surface area contributed by atoms with Crippen molar-refractivity contribution in [3.8, 4) is 17.2 Å². The zero-order chi connectivity index (χ0) is 28.6. The Morgan fingerprint density at radius 2 is 1.68 bits per heavy atom. The van der Waals surface area contributed by atoms with E-state index in [1.165, 1.54) is 31.3 Å². The summed E-state index contributed by atoms with van der Waals surface area (Å²) in [5, 5.41) is 12.9. The van der Waals surface area contributed by atoms with Gasteiger partial charge in [-0.1, -0.05) is 23.2 Å². The first-order chi connectivity index (χ1) is 19.3. The van der Waals surface area contributed by atoms with Crippen molar-refractivity contribution in [2.45, 2.75) is 12.5 Å². The van der Waals surface area contributed by atoms with Gasteiger partial charge in [0, 0.05) is 39.8 Å². The van der Waals surface area contributed by atoms with Crippen LogP contribution in [0.5, 0.6) is 17.2 Å². The van der Waals surface area contributed by atoms with Crippen LogP contribution in [0.3, 0.4) is 0 Å². The Morgan fingerprint density at radius 1 is 0.950 bits per heavy atom. The molecule has 40 heavy (non-hydrogen) atoms. The first kappa shape index (κ1) is 27.4. The third-order valence-electron chi connectivity index (χ3n) is 7.05. The molecule has 2 N–H and O–H groups in total. The lowest BCUT2D eigenvalue weighted by molar-refractivity contribution is -0.139. The van der Waals surface area contributed by atoms with Gasteiger partial charge in [-0.05, 0) is 66.6 Å². The molecule has 1 aliphatic heterocycles. The molecule has 2 heterocycles. The summed E-state index contributed by atoms with van der Waals surface area (Å²) in [4.78, 5) is 31.7. The highest BCUT2D eigenvalue weighted by atomic mass is 35.5. The second-order valence-corrected chi connectivity index (χ2v) is 10.0. The van der Waals surface area contributed by atoms with E-state index in [2.05, 4.69) is 4.98 Å². The monoisotopic (exact) mass is 580 g/mol. The molecule has 5 rings (SSSR count). The number of methoxy groups -OCH3 is 3. The maximum atomic E-state index is 13.5. The van der Waals surface area contributed by atoms with Gasteiger partial charge in [0.15, 0.2) is 0 Å². The third kappa shape index (κ3) is 4.85. The van der Waals surface area contributed by atoms with E-state index in [-0.39, 0.29) is 22.7 Å². The maximum absolute atomic E-state index is 13.5. The lowest BCUT2D eigenvalue weighted by Crippen LogP contribution is -2.31. The molecule has 206 valence electrons. The first-order valence-corrected chi connectivity index (χ1v) is 13.1. The number of rotatable bonds is 8. The van der Waals surface area contributed by atoms with Gasteiger partial charge in [0.1, 0.15) is 23.0 Å². The number of Topliss-reactive ketones (excluding diaryl/α,β-unsaturated/α-hetero) is 1. The van der Waals surface area contributed by atoms with Gasteiger partial charge in [0.05, 0.1) is 38.0 Å². The number of carbonyl (C=O) groups excluding carboxylic acids is 2. The molecule has 0 bridgehead atoms. The molecule has 1 unspecified atom stereocenters. The molecular weight excluding hydrogens is 555 g/mol. The van der Waals surface area contributed by atoms with Gasteiger partial charge in [0.2, 0.25) is 0 Å². The van der Waals surface area contributed by atoms with Gasteiger partial charge in [-0.25, -0.2) is 0 Å². The number of hydrogen-bond acceptors (Lipinski definition) is 6. The molecule has 0 radical (unpaired) electrons. The van der Waals surface area contributed by atoms with E-state index in [1.807, 2.05) is 24.4 Å². The fourth-order valence-electron chi connectivity index (χ4n) is 5.05. The van der Waals surface area contributed by atoms with E-state index in [0.717, 1.165) is 16.5 Å². The summed E-state index contributed by atoms with van der Waals surface area (Å²) >= 11 is 12.4. The summed E-state index contributed by atoms with van der Waals surface area (Å²) in [5.74, 6) is -0.376. The number of carbonyl (C=O) groups is 2. The standard InChI is InChI=1S/C30H26Cl2N2O6/c1-38-18-5-8-24-21(13-18)16(15-33-24)10-11-34-27(22-14-19(39-2)6-9-25(22)40-3)26(29(36)30(34)37)28(35)20-7-4-17(31)12-23(20)32/h4-9,12-15,27,33,35H,10-11H2,1-3H3/b28-26-. The average molecular weight is 581 g/mol. The number of aromatic nitrogens is 1. The van der Waals surface area contributed by atoms with Crippen molar-refractivity contribution in [2.75, 3.05) is 27.9 Å². The van der Waals surface area contributed by atoms with Crippen LogP contribution in [-0.4, -0.2) is 54.6 Å². The second-order valence-electron chi connectivity index (χ2n) is 9.20. The van der Waals surface area contributed by atoms with Gasteiger partial charge >= 0.3 is 0 Å². The number of hydrogen-bond donors (Lipinski definition) is 2. The van der Waals surface area contributed by atoms with Crippen LogP contribution in [0.15, 0.2) is 66.4 Å².